The molecule has 2 aliphatic rings. The molecular weight excluding hydrogens is 304 g/mol. The van der Waals surface area contributed by atoms with Crippen LogP contribution in [0, 0.1) is 5.92 Å². The Morgan fingerprint density at radius 3 is 2.75 bits per heavy atom. The molecule has 1 aromatic rings. The second-order valence-corrected chi connectivity index (χ2v) is 7.53. The molecule has 0 N–H and O–H groups in total. The Labute approximate surface area is 144 Å². The van der Waals surface area contributed by atoms with Crippen molar-refractivity contribution < 1.29 is 9.32 Å². The van der Waals surface area contributed by atoms with Gasteiger partial charge in [-0.3, -0.25) is 9.69 Å². The maximum absolute atomic E-state index is 12.2. The van der Waals surface area contributed by atoms with Crippen molar-refractivity contribution in [2.24, 2.45) is 5.92 Å². The lowest BCUT2D eigenvalue weighted by Crippen LogP contribution is -2.48. The van der Waals surface area contributed by atoms with E-state index >= 15 is 0 Å². The van der Waals surface area contributed by atoms with Crippen LogP contribution in [-0.2, 0) is 17.8 Å². The molecule has 0 radical (unpaired) electrons. The summed E-state index contributed by atoms with van der Waals surface area (Å²) in [4.78, 5) is 21.3. The van der Waals surface area contributed by atoms with Crippen molar-refractivity contribution in [2.45, 2.75) is 77.9 Å². The van der Waals surface area contributed by atoms with Crippen LogP contribution in [-0.4, -0.2) is 51.0 Å². The third kappa shape index (κ3) is 3.79. The third-order valence-electron chi connectivity index (χ3n) is 5.22. The summed E-state index contributed by atoms with van der Waals surface area (Å²) in [5.41, 5.74) is 0. The van der Waals surface area contributed by atoms with Gasteiger partial charge >= 0.3 is 0 Å². The van der Waals surface area contributed by atoms with E-state index in [4.69, 9.17) is 4.52 Å². The third-order valence-corrected chi connectivity index (χ3v) is 5.22. The zero-order chi connectivity index (χ0) is 17.1. The van der Waals surface area contributed by atoms with Crippen molar-refractivity contribution in [2.75, 3.05) is 13.1 Å². The first kappa shape index (κ1) is 17.4. The molecule has 3 rings (SSSR count). The number of likely N-dealkylation sites (tertiary alicyclic amines) is 2. The van der Waals surface area contributed by atoms with Gasteiger partial charge in [0.05, 0.1) is 6.54 Å². The topological polar surface area (TPSA) is 62.5 Å². The van der Waals surface area contributed by atoms with Crippen LogP contribution in [0.25, 0.3) is 0 Å². The monoisotopic (exact) mass is 334 g/mol. The standard InChI is InChI=1S/C18H30N4O2/c1-4-18(23)22-10-6-8-15(22)14-7-5-9-21(14)12-16-19-17(24-20-16)11-13(2)3/h13-15H,4-12H2,1-3H3. The average molecular weight is 334 g/mol. The Balaban J connectivity index is 1.65. The summed E-state index contributed by atoms with van der Waals surface area (Å²) in [5, 5.41) is 4.16. The summed E-state index contributed by atoms with van der Waals surface area (Å²) in [5.74, 6) is 2.33. The molecular formula is C18H30N4O2. The highest BCUT2D eigenvalue weighted by molar-refractivity contribution is 5.76. The summed E-state index contributed by atoms with van der Waals surface area (Å²) in [7, 11) is 0. The van der Waals surface area contributed by atoms with Crippen LogP contribution in [0.15, 0.2) is 4.52 Å². The van der Waals surface area contributed by atoms with Gasteiger partial charge in [-0.2, -0.15) is 4.98 Å². The SMILES string of the molecule is CCC(=O)N1CCCC1C1CCCN1Cc1noc(CC(C)C)n1. The number of hydrogen-bond donors (Lipinski definition) is 0. The van der Waals surface area contributed by atoms with E-state index in [1.807, 2.05) is 6.92 Å². The molecule has 0 saturated carbocycles. The fourth-order valence-electron chi connectivity index (χ4n) is 4.16. The van der Waals surface area contributed by atoms with Gasteiger partial charge in [0.1, 0.15) is 0 Å². The second kappa shape index (κ2) is 7.64. The van der Waals surface area contributed by atoms with Crippen LogP contribution in [0.4, 0.5) is 0 Å². The van der Waals surface area contributed by atoms with Crippen LogP contribution < -0.4 is 0 Å². The largest absolute Gasteiger partial charge is 0.339 e. The van der Waals surface area contributed by atoms with Crippen molar-refractivity contribution >= 4 is 5.91 Å². The first-order chi connectivity index (χ1) is 11.6. The van der Waals surface area contributed by atoms with Crippen molar-refractivity contribution in [3.63, 3.8) is 0 Å². The molecule has 0 aromatic carbocycles. The maximum atomic E-state index is 12.2. The van der Waals surface area contributed by atoms with E-state index in [0.717, 1.165) is 57.0 Å². The molecule has 24 heavy (non-hydrogen) atoms. The van der Waals surface area contributed by atoms with Gasteiger partial charge in [-0.15, -0.1) is 0 Å². The van der Waals surface area contributed by atoms with E-state index in [1.165, 1.54) is 6.42 Å². The van der Waals surface area contributed by atoms with Gasteiger partial charge < -0.3 is 9.42 Å². The highest BCUT2D eigenvalue weighted by atomic mass is 16.5. The first-order valence-electron chi connectivity index (χ1n) is 9.43. The van der Waals surface area contributed by atoms with Crippen molar-refractivity contribution in [3.8, 4) is 0 Å². The zero-order valence-electron chi connectivity index (χ0n) is 15.2. The molecule has 2 fully saturated rings. The first-order valence-corrected chi connectivity index (χ1v) is 9.43. The normalized spacial score (nSPS) is 25.1. The molecule has 2 saturated heterocycles. The van der Waals surface area contributed by atoms with Crippen molar-refractivity contribution in [3.05, 3.63) is 11.7 Å². The molecule has 2 unspecified atom stereocenters. The summed E-state index contributed by atoms with van der Waals surface area (Å²) < 4.78 is 5.37. The van der Waals surface area contributed by atoms with Gasteiger partial charge in [-0.1, -0.05) is 25.9 Å². The Hall–Kier alpha value is -1.43. The predicted octanol–water partition coefficient (Wildman–Crippen LogP) is 2.63. The molecule has 134 valence electrons. The molecule has 6 heteroatoms. The van der Waals surface area contributed by atoms with Gasteiger partial charge in [-0.25, -0.2) is 0 Å². The minimum absolute atomic E-state index is 0.295. The zero-order valence-corrected chi connectivity index (χ0v) is 15.2. The Morgan fingerprint density at radius 1 is 1.25 bits per heavy atom. The molecule has 1 amide bonds. The average Bonchev–Trinajstić information content (AvgIpc) is 3.26. The number of aromatic nitrogens is 2. The Kier molecular flexibility index (Phi) is 5.54. The number of hydrogen-bond acceptors (Lipinski definition) is 5. The van der Waals surface area contributed by atoms with E-state index in [9.17, 15) is 4.79 Å². The minimum Gasteiger partial charge on any atom is -0.339 e. The fraction of sp³-hybridized carbons (Fsp3) is 0.833. The molecule has 1 aromatic heterocycles. The van der Waals surface area contributed by atoms with Crippen LogP contribution in [0.2, 0.25) is 0 Å². The summed E-state index contributed by atoms with van der Waals surface area (Å²) in [6, 6.07) is 0.803. The van der Waals surface area contributed by atoms with Crippen LogP contribution >= 0.6 is 0 Å². The minimum atomic E-state index is 0.295. The summed E-state index contributed by atoms with van der Waals surface area (Å²) >= 11 is 0. The second-order valence-electron chi connectivity index (χ2n) is 7.53. The van der Waals surface area contributed by atoms with Crippen molar-refractivity contribution in [1.29, 1.82) is 0 Å². The van der Waals surface area contributed by atoms with Gasteiger partial charge in [0.15, 0.2) is 5.82 Å². The lowest BCUT2D eigenvalue weighted by molar-refractivity contribution is -0.132. The lowest BCUT2D eigenvalue weighted by atomic mass is 10.0. The van der Waals surface area contributed by atoms with Gasteiger partial charge in [-0.05, 0) is 38.1 Å². The summed E-state index contributed by atoms with van der Waals surface area (Å²) in [6.45, 7) is 8.97. The van der Waals surface area contributed by atoms with Gasteiger partial charge in [0.25, 0.3) is 0 Å². The summed E-state index contributed by atoms with van der Waals surface area (Å²) in [6.07, 6.45) is 6.03. The highest BCUT2D eigenvalue weighted by Gasteiger charge is 2.39. The van der Waals surface area contributed by atoms with E-state index in [-0.39, 0.29) is 0 Å². The highest BCUT2D eigenvalue weighted by Crippen LogP contribution is 2.31. The fourth-order valence-corrected chi connectivity index (χ4v) is 4.16. The number of amides is 1. The molecule has 6 nitrogen and oxygen atoms in total. The molecule has 0 spiro atoms. The van der Waals surface area contributed by atoms with Crippen LogP contribution in [0.5, 0.6) is 0 Å². The van der Waals surface area contributed by atoms with Crippen LogP contribution in [0.1, 0.15) is 64.6 Å². The van der Waals surface area contributed by atoms with E-state index in [0.29, 0.717) is 30.3 Å². The Bertz CT molecular complexity index is 557. The van der Waals surface area contributed by atoms with Gasteiger partial charge in [0.2, 0.25) is 11.8 Å². The van der Waals surface area contributed by atoms with E-state index in [1.54, 1.807) is 0 Å². The Morgan fingerprint density at radius 2 is 2.00 bits per heavy atom. The molecule has 3 heterocycles. The predicted molar refractivity (Wildman–Crippen MR) is 91.3 cm³/mol. The molecule has 2 atom stereocenters. The molecule has 0 aliphatic carbocycles. The van der Waals surface area contributed by atoms with E-state index < -0.39 is 0 Å². The maximum Gasteiger partial charge on any atom is 0.226 e. The number of rotatable bonds is 6. The number of carbonyl (C=O) groups excluding carboxylic acids is 1. The molecule has 0 bridgehead atoms. The van der Waals surface area contributed by atoms with Gasteiger partial charge in [0, 0.05) is 31.5 Å². The van der Waals surface area contributed by atoms with Crippen LogP contribution in [0.3, 0.4) is 0 Å². The van der Waals surface area contributed by atoms with Crippen molar-refractivity contribution in [1.82, 2.24) is 19.9 Å². The smallest absolute Gasteiger partial charge is 0.226 e. The lowest BCUT2D eigenvalue weighted by Gasteiger charge is -2.34. The number of nitrogens with zero attached hydrogens (tertiary/aromatic N) is 4. The quantitative estimate of drug-likeness (QED) is 0.800. The molecule has 2 aliphatic heterocycles. The van der Waals surface area contributed by atoms with E-state index in [2.05, 4.69) is 33.8 Å². The number of carbonyl (C=O) groups is 1.